The maximum absolute atomic E-state index is 13.1. The summed E-state index contributed by atoms with van der Waals surface area (Å²) in [5.41, 5.74) is 0. The molecule has 0 amide bonds. The minimum absolute atomic E-state index is 0.106. The summed E-state index contributed by atoms with van der Waals surface area (Å²) in [7, 11) is -9.90. The van der Waals surface area contributed by atoms with Crippen LogP contribution in [-0.2, 0) is 65.4 Å². The van der Waals surface area contributed by atoms with Crippen molar-refractivity contribution in [3.63, 3.8) is 0 Å². The molecule has 3 N–H and O–H groups in total. The normalized spacial score (nSPS) is 14.0. The Labute approximate surface area is 575 Å². The molecule has 0 aromatic rings. The summed E-state index contributed by atoms with van der Waals surface area (Å²) in [6, 6.07) is 0. The maximum Gasteiger partial charge on any atom is 0.472 e. The molecular formula is C75H146O17P2. The fourth-order valence-electron chi connectivity index (χ4n) is 11.5. The molecule has 0 aliphatic heterocycles. The number of aliphatic hydroxyl groups is 1. The lowest BCUT2D eigenvalue weighted by molar-refractivity contribution is -0.161. The van der Waals surface area contributed by atoms with Gasteiger partial charge in [0.15, 0.2) is 12.2 Å². The Morgan fingerprint density at radius 3 is 0.723 bits per heavy atom. The van der Waals surface area contributed by atoms with E-state index in [0.29, 0.717) is 25.7 Å². The van der Waals surface area contributed by atoms with E-state index in [9.17, 15) is 43.2 Å². The van der Waals surface area contributed by atoms with Gasteiger partial charge in [0.25, 0.3) is 0 Å². The molecule has 0 saturated carbocycles. The van der Waals surface area contributed by atoms with Gasteiger partial charge in [0.05, 0.1) is 26.4 Å². The Hall–Kier alpha value is -1.94. The summed E-state index contributed by atoms with van der Waals surface area (Å²) in [6.45, 7) is 7.29. The molecule has 0 spiro atoms. The summed E-state index contributed by atoms with van der Waals surface area (Å²) in [5.74, 6) is -1.30. The first-order valence-corrected chi connectivity index (χ1v) is 42.1. The molecule has 0 rings (SSSR count). The van der Waals surface area contributed by atoms with E-state index in [0.717, 1.165) is 95.8 Å². The molecule has 558 valence electrons. The van der Waals surface area contributed by atoms with Crippen molar-refractivity contribution in [3.05, 3.63) is 0 Å². The SMILES string of the molecule is CCCCCCCCCCCCCCCCCC(=O)OC[C@H](COP(=O)(O)OC[C@@H](O)COP(=O)(O)OC[C@@H](COC(=O)CCCCCCCCCCC)OC(=O)CCCCCCCCCCC)OC(=O)CCCCCCCCCCCCCCCCCCCCC(C)C. The van der Waals surface area contributed by atoms with Gasteiger partial charge in [-0.2, -0.15) is 0 Å². The molecule has 0 bridgehead atoms. The average Bonchev–Trinajstić information content (AvgIpc) is 1.29. The molecule has 0 aliphatic carbocycles. The smallest absolute Gasteiger partial charge is 0.462 e. The van der Waals surface area contributed by atoms with Crippen LogP contribution in [0.5, 0.6) is 0 Å². The lowest BCUT2D eigenvalue weighted by Crippen LogP contribution is -2.30. The van der Waals surface area contributed by atoms with E-state index in [2.05, 4.69) is 34.6 Å². The summed E-state index contributed by atoms with van der Waals surface area (Å²) in [5, 5.41) is 10.6. The van der Waals surface area contributed by atoms with Crippen molar-refractivity contribution in [2.45, 2.75) is 412 Å². The molecule has 0 radical (unpaired) electrons. The molecule has 5 atom stereocenters. The van der Waals surface area contributed by atoms with Gasteiger partial charge in [0.1, 0.15) is 19.3 Å². The third kappa shape index (κ3) is 68.6. The number of carbonyl (C=O) groups is 4. The Morgan fingerprint density at radius 1 is 0.287 bits per heavy atom. The van der Waals surface area contributed by atoms with Crippen LogP contribution in [0, 0.1) is 5.92 Å². The largest absolute Gasteiger partial charge is 0.472 e. The zero-order valence-electron chi connectivity index (χ0n) is 61.1. The Kier molecular flexibility index (Phi) is 66.8. The molecular weight excluding hydrogens is 1230 g/mol. The summed E-state index contributed by atoms with van der Waals surface area (Å²) >= 11 is 0. The van der Waals surface area contributed by atoms with Crippen LogP contribution in [0.1, 0.15) is 394 Å². The first-order valence-electron chi connectivity index (χ1n) is 39.1. The maximum atomic E-state index is 13.1. The summed E-state index contributed by atoms with van der Waals surface area (Å²) in [6.07, 6.45) is 57.0. The highest BCUT2D eigenvalue weighted by Crippen LogP contribution is 2.45. The number of hydrogen-bond acceptors (Lipinski definition) is 15. The quantitative estimate of drug-likeness (QED) is 0.0222. The number of esters is 4. The van der Waals surface area contributed by atoms with Gasteiger partial charge in [0, 0.05) is 25.7 Å². The van der Waals surface area contributed by atoms with Gasteiger partial charge in [-0.25, -0.2) is 9.13 Å². The van der Waals surface area contributed by atoms with Gasteiger partial charge >= 0.3 is 39.5 Å². The van der Waals surface area contributed by atoms with Crippen LogP contribution in [-0.4, -0.2) is 96.7 Å². The van der Waals surface area contributed by atoms with E-state index in [1.807, 2.05) is 0 Å². The van der Waals surface area contributed by atoms with Gasteiger partial charge < -0.3 is 33.8 Å². The number of hydrogen-bond donors (Lipinski definition) is 3. The number of ether oxygens (including phenoxy) is 4. The molecule has 0 aliphatic rings. The zero-order valence-corrected chi connectivity index (χ0v) is 62.9. The first kappa shape index (κ1) is 92.1. The number of rotatable bonds is 75. The van der Waals surface area contributed by atoms with E-state index in [1.165, 1.54) is 218 Å². The standard InChI is InChI=1S/C75H146O17P2/c1-6-9-12-15-18-21-22-23-28-32-35-40-44-49-54-59-73(78)86-65-71(92-75(80)61-56-51-46-41-36-33-30-27-25-24-26-29-31-34-39-42-47-52-57-68(4)5)67-90-94(83,84)88-63-69(76)62-87-93(81,82)89-66-70(91-74(79)60-55-50-45-38-20-17-14-11-8-3)64-85-72(77)58-53-48-43-37-19-16-13-10-7-2/h68-71,76H,6-67H2,1-5H3,(H,81,82)(H,83,84)/t69-,70+,71+/m0/s1. The summed E-state index contributed by atoms with van der Waals surface area (Å²) in [4.78, 5) is 72.6. The van der Waals surface area contributed by atoms with E-state index in [4.69, 9.17) is 37.0 Å². The van der Waals surface area contributed by atoms with Gasteiger partial charge in [-0.1, -0.05) is 343 Å². The highest BCUT2D eigenvalue weighted by Gasteiger charge is 2.30. The number of aliphatic hydroxyl groups excluding tert-OH is 1. The minimum Gasteiger partial charge on any atom is -0.462 e. The molecule has 0 heterocycles. The molecule has 94 heavy (non-hydrogen) atoms. The van der Waals surface area contributed by atoms with Crippen molar-refractivity contribution in [3.8, 4) is 0 Å². The second-order valence-electron chi connectivity index (χ2n) is 27.5. The van der Waals surface area contributed by atoms with Crippen LogP contribution in [0.3, 0.4) is 0 Å². The van der Waals surface area contributed by atoms with Crippen molar-refractivity contribution >= 4 is 39.5 Å². The van der Waals surface area contributed by atoms with E-state index in [-0.39, 0.29) is 25.7 Å². The fourth-order valence-corrected chi connectivity index (χ4v) is 13.1. The Bertz CT molecular complexity index is 1810. The Morgan fingerprint density at radius 2 is 0.489 bits per heavy atom. The molecule has 0 aromatic heterocycles. The third-order valence-electron chi connectivity index (χ3n) is 17.5. The van der Waals surface area contributed by atoms with E-state index < -0.39 is 97.5 Å². The van der Waals surface area contributed by atoms with Crippen molar-refractivity contribution in [2.24, 2.45) is 5.92 Å². The van der Waals surface area contributed by atoms with Crippen LogP contribution in [0.2, 0.25) is 0 Å². The van der Waals surface area contributed by atoms with E-state index >= 15 is 0 Å². The van der Waals surface area contributed by atoms with Crippen molar-refractivity contribution < 1.29 is 80.2 Å². The average molecular weight is 1380 g/mol. The lowest BCUT2D eigenvalue weighted by Gasteiger charge is -2.21. The highest BCUT2D eigenvalue weighted by molar-refractivity contribution is 7.47. The third-order valence-corrected chi connectivity index (χ3v) is 19.4. The molecule has 19 heteroatoms. The van der Waals surface area contributed by atoms with Gasteiger partial charge in [-0.05, 0) is 31.6 Å². The zero-order chi connectivity index (χ0) is 69.1. The predicted octanol–water partition coefficient (Wildman–Crippen LogP) is 22.1. The van der Waals surface area contributed by atoms with Gasteiger partial charge in [-0.15, -0.1) is 0 Å². The molecule has 2 unspecified atom stereocenters. The Balaban J connectivity index is 5.16. The number of unbranched alkanes of at least 4 members (excludes halogenated alkanes) is 47. The first-order chi connectivity index (χ1) is 45.5. The van der Waals surface area contributed by atoms with Crippen molar-refractivity contribution in [1.29, 1.82) is 0 Å². The molecule has 0 aromatic carbocycles. The van der Waals surface area contributed by atoms with Crippen LogP contribution in [0.4, 0.5) is 0 Å². The van der Waals surface area contributed by atoms with Crippen molar-refractivity contribution in [2.75, 3.05) is 39.6 Å². The van der Waals surface area contributed by atoms with Crippen LogP contribution in [0.25, 0.3) is 0 Å². The van der Waals surface area contributed by atoms with Crippen LogP contribution >= 0.6 is 15.6 Å². The second kappa shape index (κ2) is 68.2. The monoisotopic (exact) mass is 1380 g/mol. The number of phosphoric acid groups is 2. The van der Waals surface area contributed by atoms with Crippen LogP contribution < -0.4 is 0 Å². The highest BCUT2D eigenvalue weighted by atomic mass is 31.2. The second-order valence-corrected chi connectivity index (χ2v) is 30.4. The lowest BCUT2D eigenvalue weighted by atomic mass is 10.0. The molecule has 0 fully saturated rings. The van der Waals surface area contributed by atoms with Crippen molar-refractivity contribution in [1.82, 2.24) is 0 Å². The van der Waals surface area contributed by atoms with Gasteiger partial charge in [-0.3, -0.25) is 37.3 Å². The number of phosphoric ester groups is 2. The topological polar surface area (TPSA) is 237 Å². The van der Waals surface area contributed by atoms with Gasteiger partial charge in [0.2, 0.25) is 0 Å². The molecule has 17 nitrogen and oxygen atoms in total. The predicted molar refractivity (Wildman–Crippen MR) is 382 cm³/mol. The van der Waals surface area contributed by atoms with E-state index in [1.54, 1.807) is 0 Å². The summed E-state index contributed by atoms with van der Waals surface area (Å²) < 4.78 is 68.4. The van der Waals surface area contributed by atoms with Crippen LogP contribution in [0.15, 0.2) is 0 Å². The minimum atomic E-state index is -4.95. The molecule has 0 saturated heterocycles. The fraction of sp³-hybridized carbons (Fsp3) is 0.947. The number of carbonyl (C=O) groups excluding carboxylic acids is 4.